The number of piperidine rings is 1. The quantitative estimate of drug-likeness (QED) is 0.796. The lowest BCUT2D eigenvalue weighted by molar-refractivity contribution is -0.0504. The van der Waals surface area contributed by atoms with E-state index in [-0.39, 0.29) is 6.04 Å². The van der Waals surface area contributed by atoms with E-state index in [9.17, 15) is 10.2 Å². The molecule has 4 heteroatoms. The Kier molecular flexibility index (Phi) is 6.36. The smallest absolute Gasteiger partial charge is 0.0942 e. The highest BCUT2D eigenvalue weighted by molar-refractivity contribution is 6.30. The van der Waals surface area contributed by atoms with Gasteiger partial charge in [-0.1, -0.05) is 54.1 Å². The molecule has 3 rings (SSSR count). The van der Waals surface area contributed by atoms with E-state index in [0.717, 1.165) is 44.3 Å². The summed E-state index contributed by atoms with van der Waals surface area (Å²) in [5.41, 5.74) is 1.55. The third kappa shape index (κ3) is 4.86. The summed E-state index contributed by atoms with van der Waals surface area (Å²) in [4.78, 5) is 2.27. The largest absolute Gasteiger partial charge is 0.390 e. The average Bonchev–Trinajstić information content (AvgIpc) is 2.67. The summed E-state index contributed by atoms with van der Waals surface area (Å²) in [6.45, 7) is 3.65. The van der Waals surface area contributed by atoms with E-state index in [1.165, 1.54) is 5.56 Å². The second-order valence-electron chi connectivity index (χ2n) is 7.48. The van der Waals surface area contributed by atoms with Crippen LogP contribution in [-0.4, -0.2) is 39.8 Å². The number of aliphatic hydroxyl groups is 2. The van der Waals surface area contributed by atoms with Gasteiger partial charge in [-0.2, -0.15) is 0 Å². The van der Waals surface area contributed by atoms with Crippen LogP contribution in [0.4, 0.5) is 0 Å². The summed E-state index contributed by atoms with van der Waals surface area (Å²) in [7, 11) is 0. The molecule has 2 atom stereocenters. The predicted molar refractivity (Wildman–Crippen MR) is 106 cm³/mol. The Morgan fingerprint density at radius 3 is 2.27 bits per heavy atom. The monoisotopic (exact) mass is 373 g/mol. The Morgan fingerprint density at radius 1 is 1.04 bits per heavy atom. The molecule has 0 bridgehead atoms. The average molecular weight is 374 g/mol. The van der Waals surface area contributed by atoms with Crippen molar-refractivity contribution in [2.75, 3.05) is 13.1 Å². The molecule has 3 nitrogen and oxygen atoms in total. The standard InChI is InChI=1S/C22H28ClNO2/c1-17(21(25)19-7-9-20(23)10-8-19)24-15-13-22(26,14-16-24)12-11-18-5-3-2-4-6-18/h2-10,17,21,25-26H,11-16H2,1H3. The van der Waals surface area contributed by atoms with Crippen LogP contribution in [-0.2, 0) is 6.42 Å². The van der Waals surface area contributed by atoms with E-state index < -0.39 is 11.7 Å². The van der Waals surface area contributed by atoms with Gasteiger partial charge in [-0.25, -0.2) is 0 Å². The zero-order chi connectivity index (χ0) is 18.6. The fraction of sp³-hybridized carbons (Fsp3) is 0.455. The molecule has 1 heterocycles. The second kappa shape index (κ2) is 8.53. The van der Waals surface area contributed by atoms with Crippen molar-refractivity contribution in [3.05, 3.63) is 70.7 Å². The van der Waals surface area contributed by atoms with Gasteiger partial charge in [-0.15, -0.1) is 0 Å². The van der Waals surface area contributed by atoms with Crippen LogP contribution in [0.1, 0.15) is 43.4 Å². The molecule has 1 saturated heterocycles. The third-order valence-corrected chi connectivity index (χ3v) is 5.95. The topological polar surface area (TPSA) is 43.7 Å². The minimum absolute atomic E-state index is 0.00912. The second-order valence-corrected chi connectivity index (χ2v) is 7.92. The highest BCUT2D eigenvalue weighted by Crippen LogP contribution is 2.31. The maximum absolute atomic E-state index is 10.9. The predicted octanol–water partition coefficient (Wildman–Crippen LogP) is 4.22. The van der Waals surface area contributed by atoms with E-state index >= 15 is 0 Å². The van der Waals surface area contributed by atoms with Gasteiger partial charge in [0.25, 0.3) is 0 Å². The van der Waals surface area contributed by atoms with Gasteiger partial charge in [0.05, 0.1) is 11.7 Å². The van der Waals surface area contributed by atoms with Crippen LogP contribution in [0.25, 0.3) is 0 Å². The van der Waals surface area contributed by atoms with Crippen molar-refractivity contribution in [1.82, 2.24) is 4.90 Å². The van der Waals surface area contributed by atoms with Crippen molar-refractivity contribution in [2.45, 2.75) is 50.4 Å². The Labute approximate surface area is 161 Å². The maximum atomic E-state index is 10.9. The van der Waals surface area contributed by atoms with E-state index in [1.807, 2.05) is 49.4 Å². The number of halogens is 1. The first kappa shape index (κ1) is 19.4. The molecular formula is C22H28ClNO2. The van der Waals surface area contributed by atoms with Crippen LogP contribution < -0.4 is 0 Å². The maximum Gasteiger partial charge on any atom is 0.0942 e. The minimum atomic E-state index is -0.600. The molecule has 0 amide bonds. The first-order valence-electron chi connectivity index (χ1n) is 9.41. The summed E-state index contributed by atoms with van der Waals surface area (Å²) in [5.74, 6) is 0. The molecule has 1 fully saturated rings. The van der Waals surface area contributed by atoms with Gasteiger partial charge in [-0.05, 0) is 55.9 Å². The number of hydrogen-bond acceptors (Lipinski definition) is 3. The number of hydrogen-bond donors (Lipinski definition) is 2. The Bertz CT molecular complexity index is 681. The van der Waals surface area contributed by atoms with E-state index in [1.54, 1.807) is 0 Å². The zero-order valence-corrected chi connectivity index (χ0v) is 16.1. The van der Waals surface area contributed by atoms with Gasteiger partial charge in [-0.3, -0.25) is 4.90 Å². The SMILES string of the molecule is CC(C(O)c1ccc(Cl)cc1)N1CCC(O)(CCc2ccccc2)CC1. The van der Waals surface area contributed by atoms with Gasteiger partial charge >= 0.3 is 0 Å². The highest BCUT2D eigenvalue weighted by Gasteiger charge is 2.35. The lowest BCUT2D eigenvalue weighted by Crippen LogP contribution is -2.49. The first-order valence-corrected chi connectivity index (χ1v) is 9.79. The molecule has 0 saturated carbocycles. The van der Waals surface area contributed by atoms with Crippen LogP contribution >= 0.6 is 11.6 Å². The van der Waals surface area contributed by atoms with Crippen molar-refractivity contribution >= 4 is 11.6 Å². The molecule has 2 N–H and O–H groups in total. The molecule has 0 aromatic heterocycles. The fourth-order valence-electron chi connectivity index (χ4n) is 3.76. The normalized spacial score (nSPS) is 19.8. The van der Waals surface area contributed by atoms with Gasteiger partial charge in [0, 0.05) is 24.2 Å². The summed E-state index contributed by atoms with van der Waals surface area (Å²) in [6.07, 6.45) is 2.64. The molecule has 1 aliphatic heterocycles. The summed E-state index contributed by atoms with van der Waals surface area (Å²) >= 11 is 5.93. The van der Waals surface area contributed by atoms with Crippen molar-refractivity contribution < 1.29 is 10.2 Å². The molecule has 2 unspecified atom stereocenters. The Morgan fingerprint density at radius 2 is 1.65 bits per heavy atom. The van der Waals surface area contributed by atoms with Crippen molar-refractivity contribution in [2.24, 2.45) is 0 Å². The molecule has 0 radical (unpaired) electrons. The van der Waals surface area contributed by atoms with Crippen molar-refractivity contribution in [3.8, 4) is 0 Å². The number of rotatable bonds is 6. The van der Waals surface area contributed by atoms with Crippen molar-refractivity contribution in [3.63, 3.8) is 0 Å². The van der Waals surface area contributed by atoms with Crippen LogP contribution in [0.15, 0.2) is 54.6 Å². The lowest BCUT2D eigenvalue weighted by atomic mass is 9.85. The molecule has 140 valence electrons. The third-order valence-electron chi connectivity index (χ3n) is 5.70. The van der Waals surface area contributed by atoms with Gasteiger partial charge < -0.3 is 10.2 Å². The minimum Gasteiger partial charge on any atom is -0.390 e. The van der Waals surface area contributed by atoms with E-state index in [2.05, 4.69) is 17.0 Å². The molecule has 2 aromatic carbocycles. The Hall–Kier alpha value is -1.39. The molecular weight excluding hydrogens is 346 g/mol. The van der Waals surface area contributed by atoms with Crippen molar-refractivity contribution in [1.29, 1.82) is 0 Å². The summed E-state index contributed by atoms with van der Waals surface area (Å²) in [5, 5.41) is 22.3. The molecule has 0 aliphatic carbocycles. The first-order chi connectivity index (χ1) is 12.5. The zero-order valence-electron chi connectivity index (χ0n) is 15.3. The number of benzene rings is 2. The van der Waals surface area contributed by atoms with Gasteiger partial charge in [0.1, 0.15) is 0 Å². The molecule has 1 aliphatic rings. The van der Waals surface area contributed by atoms with Crippen LogP contribution in [0.5, 0.6) is 0 Å². The lowest BCUT2D eigenvalue weighted by Gasteiger charge is -2.42. The number of aliphatic hydroxyl groups excluding tert-OH is 1. The molecule has 26 heavy (non-hydrogen) atoms. The van der Waals surface area contributed by atoms with E-state index in [4.69, 9.17) is 11.6 Å². The highest BCUT2D eigenvalue weighted by atomic mass is 35.5. The summed E-state index contributed by atoms with van der Waals surface area (Å²) in [6, 6.07) is 17.7. The fourth-order valence-corrected chi connectivity index (χ4v) is 3.88. The summed E-state index contributed by atoms with van der Waals surface area (Å²) < 4.78 is 0. The molecule has 0 spiro atoms. The van der Waals surface area contributed by atoms with Crippen LogP contribution in [0.2, 0.25) is 5.02 Å². The van der Waals surface area contributed by atoms with Crippen LogP contribution in [0.3, 0.4) is 0 Å². The molecule has 2 aromatic rings. The number of aryl methyl sites for hydroxylation is 1. The number of likely N-dealkylation sites (tertiary alicyclic amines) is 1. The van der Waals surface area contributed by atoms with Crippen LogP contribution in [0, 0.1) is 0 Å². The van der Waals surface area contributed by atoms with E-state index in [0.29, 0.717) is 5.02 Å². The van der Waals surface area contributed by atoms with Gasteiger partial charge in [0.2, 0.25) is 0 Å². The van der Waals surface area contributed by atoms with Gasteiger partial charge in [0.15, 0.2) is 0 Å². The number of nitrogens with zero attached hydrogens (tertiary/aromatic N) is 1. The Balaban J connectivity index is 1.52.